The maximum absolute atomic E-state index is 4.99. The first kappa shape index (κ1) is 17.6. The Balaban J connectivity index is 0. The average Bonchev–Trinajstić information content (AvgIpc) is 1.83. The third-order valence-electron chi connectivity index (χ3n) is 1.43. The van der Waals surface area contributed by atoms with Crippen molar-refractivity contribution in [3.8, 4) is 0 Å². The maximum atomic E-state index is 4.99. The normalized spacial score (nSPS) is 10.0. The molecule has 0 unspecified atom stereocenters. The maximum Gasteiger partial charge on any atom is 1.00 e. The summed E-state index contributed by atoms with van der Waals surface area (Å²) < 4.78 is 0.609. The van der Waals surface area contributed by atoms with Crippen molar-refractivity contribution in [2.75, 3.05) is 13.1 Å². The summed E-state index contributed by atoms with van der Waals surface area (Å²) >= 11 is 9.99. The minimum atomic E-state index is 0. The van der Waals surface area contributed by atoms with Gasteiger partial charge in [0.2, 0.25) is 0 Å². The van der Waals surface area contributed by atoms with E-state index in [1.54, 1.807) is 0 Å². The number of hydrogen-bond acceptors (Lipinski definition) is 2. The summed E-state index contributed by atoms with van der Waals surface area (Å²) in [6.07, 6.45) is 0. The molecular formula is C9H18CsNS2. The Morgan fingerprint density at radius 3 is 1.62 bits per heavy atom. The molecule has 0 fully saturated rings. The van der Waals surface area contributed by atoms with Crippen LogP contribution in [0, 0.1) is 11.8 Å². The molecule has 0 aromatic carbocycles. The minimum absolute atomic E-state index is 0. The van der Waals surface area contributed by atoms with Crippen molar-refractivity contribution in [3.05, 3.63) is 0 Å². The molecule has 0 rings (SSSR count). The van der Waals surface area contributed by atoms with Gasteiger partial charge >= 0.3 is 68.9 Å². The van der Waals surface area contributed by atoms with Gasteiger partial charge in [0, 0.05) is 13.1 Å². The number of nitrogens with zero attached hydrogens (tertiary/aromatic N) is 1. The van der Waals surface area contributed by atoms with Gasteiger partial charge in [-0.1, -0.05) is 32.0 Å². The van der Waals surface area contributed by atoms with E-state index < -0.39 is 0 Å². The van der Waals surface area contributed by atoms with E-state index in [2.05, 4.69) is 32.6 Å². The van der Waals surface area contributed by atoms with Gasteiger partial charge in [0.25, 0.3) is 0 Å². The largest absolute Gasteiger partial charge is 1.00 e. The van der Waals surface area contributed by atoms with Crippen molar-refractivity contribution in [2.45, 2.75) is 27.7 Å². The van der Waals surface area contributed by atoms with Crippen molar-refractivity contribution >= 4 is 29.2 Å². The van der Waals surface area contributed by atoms with E-state index in [0.29, 0.717) is 16.2 Å². The molecule has 0 bridgehead atoms. The van der Waals surface area contributed by atoms with E-state index in [4.69, 9.17) is 24.8 Å². The summed E-state index contributed by atoms with van der Waals surface area (Å²) in [5.41, 5.74) is 0. The Bertz CT molecular complexity index is 139. The molecule has 13 heavy (non-hydrogen) atoms. The summed E-state index contributed by atoms with van der Waals surface area (Å²) in [6.45, 7) is 10.7. The fourth-order valence-corrected chi connectivity index (χ4v) is 1.40. The fraction of sp³-hybridized carbons (Fsp3) is 0.889. The van der Waals surface area contributed by atoms with E-state index in [1.807, 2.05) is 0 Å². The van der Waals surface area contributed by atoms with Gasteiger partial charge in [-0.2, -0.15) is 0 Å². The third kappa shape index (κ3) is 10.4. The SMILES string of the molecule is CC(C)CN(CC(C)C)C(=S)[S-].[Cs+]. The predicted octanol–water partition coefficient (Wildman–Crippen LogP) is -0.564. The van der Waals surface area contributed by atoms with Gasteiger partial charge in [0.15, 0.2) is 0 Å². The average molecular weight is 337 g/mol. The van der Waals surface area contributed by atoms with Crippen LogP contribution in [0.25, 0.3) is 0 Å². The Morgan fingerprint density at radius 2 is 1.46 bits per heavy atom. The van der Waals surface area contributed by atoms with Gasteiger partial charge in [0.1, 0.15) is 0 Å². The molecule has 0 aromatic heterocycles. The number of hydrogen-bond donors (Lipinski definition) is 0. The van der Waals surface area contributed by atoms with Crippen molar-refractivity contribution in [3.63, 3.8) is 0 Å². The van der Waals surface area contributed by atoms with Crippen LogP contribution in [-0.2, 0) is 12.6 Å². The van der Waals surface area contributed by atoms with Crippen LogP contribution in [0.4, 0.5) is 0 Å². The van der Waals surface area contributed by atoms with E-state index >= 15 is 0 Å². The second kappa shape index (κ2) is 9.39. The molecule has 0 aliphatic carbocycles. The Morgan fingerprint density at radius 1 is 1.15 bits per heavy atom. The van der Waals surface area contributed by atoms with E-state index in [-0.39, 0.29) is 68.9 Å². The second-order valence-electron chi connectivity index (χ2n) is 3.96. The molecule has 0 saturated carbocycles. The summed E-state index contributed by atoms with van der Waals surface area (Å²) in [6, 6.07) is 0. The fourth-order valence-electron chi connectivity index (χ4n) is 1.11. The zero-order valence-electron chi connectivity index (χ0n) is 9.33. The van der Waals surface area contributed by atoms with Gasteiger partial charge in [-0.05, 0) is 11.8 Å². The van der Waals surface area contributed by atoms with Gasteiger partial charge in [0.05, 0.1) is 0 Å². The molecular weight excluding hydrogens is 319 g/mol. The van der Waals surface area contributed by atoms with Crippen LogP contribution >= 0.6 is 12.2 Å². The standard InChI is InChI=1S/C9H19NS2.Cs/c1-7(2)5-10(9(11)12)6-8(3)4;/h7-8H,5-6H2,1-4H3,(H,11,12);/q;+1/p-1. The molecule has 0 radical (unpaired) electrons. The Kier molecular flexibility index (Phi) is 12.7. The molecule has 0 spiro atoms. The van der Waals surface area contributed by atoms with Crippen molar-refractivity contribution in [2.24, 2.45) is 11.8 Å². The monoisotopic (exact) mass is 337 g/mol. The van der Waals surface area contributed by atoms with Crippen LogP contribution in [0.5, 0.6) is 0 Å². The number of rotatable bonds is 4. The van der Waals surface area contributed by atoms with E-state index in [9.17, 15) is 0 Å². The number of thiocarbonyl (C=S) groups is 1. The molecule has 4 heteroatoms. The van der Waals surface area contributed by atoms with Crippen LogP contribution in [0.3, 0.4) is 0 Å². The molecule has 0 aliphatic rings. The van der Waals surface area contributed by atoms with Crippen molar-refractivity contribution in [1.29, 1.82) is 0 Å². The van der Waals surface area contributed by atoms with Gasteiger partial charge < -0.3 is 29.7 Å². The smallest absolute Gasteiger partial charge is 0.411 e. The van der Waals surface area contributed by atoms with Crippen LogP contribution < -0.4 is 68.9 Å². The molecule has 1 nitrogen and oxygen atoms in total. The van der Waals surface area contributed by atoms with E-state index in [1.165, 1.54) is 0 Å². The van der Waals surface area contributed by atoms with Gasteiger partial charge in [-0.3, -0.25) is 0 Å². The molecule has 0 saturated heterocycles. The molecule has 0 amide bonds. The summed E-state index contributed by atoms with van der Waals surface area (Å²) in [7, 11) is 0. The summed E-state index contributed by atoms with van der Waals surface area (Å²) in [5.74, 6) is 1.26. The van der Waals surface area contributed by atoms with Crippen LogP contribution in [-0.4, -0.2) is 22.3 Å². The minimum Gasteiger partial charge on any atom is -0.411 e. The first-order chi connectivity index (χ1) is 5.43. The first-order valence-corrected chi connectivity index (χ1v) is 5.21. The topological polar surface area (TPSA) is 3.24 Å². The summed E-state index contributed by atoms with van der Waals surface area (Å²) in [4.78, 5) is 2.11. The molecule has 0 aliphatic heterocycles. The van der Waals surface area contributed by atoms with Crippen LogP contribution in [0.15, 0.2) is 0 Å². The zero-order chi connectivity index (χ0) is 9.72. The molecule has 0 N–H and O–H groups in total. The van der Waals surface area contributed by atoms with E-state index in [0.717, 1.165) is 13.1 Å². The Hall–Kier alpha value is 2.16. The molecule has 0 aromatic rings. The Labute approximate surface area is 152 Å². The molecule has 0 atom stereocenters. The second-order valence-corrected chi connectivity index (χ2v) is 4.99. The quantitative estimate of drug-likeness (QED) is 0.500. The zero-order valence-corrected chi connectivity index (χ0v) is 17.2. The van der Waals surface area contributed by atoms with Gasteiger partial charge in [-0.15, -0.1) is 0 Å². The first-order valence-electron chi connectivity index (χ1n) is 4.39. The summed E-state index contributed by atoms with van der Waals surface area (Å²) in [5, 5.41) is 0. The van der Waals surface area contributed by atoms with Crippen LogP contribution in [0.2, 0.25) is 0 Å². The van der Waals surface area contributed by atoms with Crippen molar-refractivity contribution < 1.29 is 68.9 Å². The van der Waals surface area contributed by atoms with Crippen LogP contribution in [0.1, 0.15) is 27.7 Å². The third-order valence-corrected chi connectivity index (χ3v) is 1.95. The molecule has 72 valence electrons. The van der Waals surface area contributed by atoms with Gasteiger partial charge in [-0.25, -0.2) is 0 Å². The van der Waals surface area contributed by atoms with Crippen molar-refractivity contribution in [1.82, 2.24) is 4.90 Å². The predicted molar refractivity (Wildman–Crippen MR) is 61.2 cm³/mol. The molecule has 0 heterocycles.